The van der Waals surface area contributed by atoms with E-state index in [1.165, 1.54) is 64.2 Å². The molecular weight excluding hydrogens is 1190 g/mol. The Morgan fingerprint density at radius 1 is 0.319 bits per heavy atom. The van der Waals surface area contributed by atoms with Crippen LogP contribution in [0.15, 0.2) is 122 Å². The molecule has 0 spiro atoms. The Hall–Kier alpha value is -4.05. The Bertz CT molecular complexity index is 2140. The van der Waals surface area contributed by atoms with E-state index in [1.807, 2.05) is 12.2 Å². The van der Waals surface area contributed by atoms with Gasteiger partial charge in [0, 0.05) is 19.3 Å². The number of ether oxygens (including phenoxy) is 3. The van der Waals surface area contributed by atoms with Crippen molar-refractivity contribution in [2.24, 2.45) is 0 Å². The van der Waals surface area contributed by atoms with Gasteiger partial charge in [0.1, 0.15) is 25.4 Å². The number of carbonyl (C=O) groups excluding carboxylic acids is 3. The molecule has 5 unspecified atom stereocenters. The fourth-order valence-corrected chi connectivity index (χ4v) is 10.4. The number of rotatable bonds is 65. The van der Waals surface area contributed by atoms with Gasteiger partial charge in [-0.2, -0.15) is 0 Å². The van der Waals surface area contributed by atoms with Crippen molar-refractivity contribution in [3.63, 3.8) is 0 Å². The van der Waals surface area contributed by atoms with Crippen LogP contribution in [0.3, 0.4) is 0 Å². The number of phosphoric ester groups is 2. The Balaban J connectivity index is 4.68. The summed E-state index contributed by atoms with van der Waals surface area (Å²) in [6.45, 7) is 2.42. The summed E-state index contributed by atoms with van der Waals surface area (Å²) >= 11 is 0. The summed E-state index contributed by atoms with van der Waals surface area (Å²) in [4.78, 5) is 58.4. The molecule has 0 bridgehead atoms. The SMILES string of the molecule is CC/C=C\C/C=C\C/C=C\C/C=C\C/C=C\CCCC(=O)OCC(COP(=O)(O)OCC(O)COP(=O)(O)OCC(O)COC(=O)CCCCCCCCC/C=C\C/C=C\C/C=C\C/C=C\CCCCC)OC(=O)CCCCCCC/C=C\CCCCCCCC. The van der Waals surface area contributed by atoms with Gasteiger partial charge in [0.15, 0.2) is 6.10 Å². The average Bonchev–Trinajstić information content (AvgIpc) is 3.27. The maximum Gasteiger partial charge on any atom is 0.472 e. The zero-order valence-electron chi connectivity index (χ0n) is 56.5. The van der Waals surface area contributed by atoms with Crippen molar-refractivity contribution < 1.29 is 75.8 Å². The number of phosphoric acid groups is 2. The van der Waals surface area contributed by atoms with Crippen molar-refractivity contribution in [1.82, 2.24) is 0 Å². The van der Waals surface area contributed by atoms with Crippen LogP contribution in [0, 0.1) is 0 Å². The normalized spacial score (nSPS) is 14.9. The smallest absolute Gasteiger partial charge is 0.463 e. The third-order valence-electron chi connectivity index (χ3n) is 14.1. The van der Waals surface area contributed by atoms with Crippen molar-refractivity contribution in [2.45, 2.75) is 283 Å². The molecule has 0 saturated heterocycles. The van der Waals surface area contributed by atoms with Crippen LogP contribution in [-0.4, -0.2) is 95.9 Å². The lowest BCUT2D eigenvalue weighted by Gasteiger charge is -2.21. The van der Waals surface area contributed by atoms with E-state index >= 15 is 0 Å². The first-order valence-electron chi connectivity index (χ1n) is 34.8. The van der Waals surface area contributed by atoms with E-state index in [1.54, 1.807) is 0 Å². The molecule has 0 amide bonds. The molecule has 522 valence electrons. The minimum absolute atomic E-state index is 0.0797. The number of esters is 3. The van der Waals surface area contributed by atoms with Crippen LogP contribution in [0.2, 0.25) is 0 Å². The van der Waals surface area contributed by atoms with Crippen LogP contribution in [0.4, 0.5) is 0 Å². The van der Waals surface area contributed by atoms with Crippen LogP contribution < -0.4 is 0 Å². The molecule has 0 rings (SSSR count). The van der Waals surface area contributed by atoms with Gasteiger partial charge < -0.3 is 34.2 Å². The summed E-state index contributed by atoms with van der Waals surface area (Å²) < 4.78 is 60.8. The minimum Gasteiger partial charge on any atom is -0.463 e. The molecule has 0 aromatic rings. The second kappa shape index (κ2) is 66.0. The van der Waals surface area contributed by atoms with Crippen LogP contribution in [0.1, 0.15) is 265 Å². The predicted octanol–water partition coefficient (Wildman–Crippen LogP) is 19.4. The number of unbranched alkanes of at least 4 members (excludes halogenated alkanes) is 22. The second-order valence-electron chi connectivity index (χ2n) is 22.9. The number of allylic oxidation sites excluding steroid dienone is 20. The lowest BCUT2D eigenvalue weighted by atomic mass is 10.1. The van der Waals surface area contributed by atoms with E-state index < -0.39 is 91.5 Å². The van der Waals surface area contributed by atoms with Gasteiger partial charge in [0.05, 0.1) is 26.4 Å². The van der Waals surface area contributed by atoms with E-state index in [0.29, 0.717) is 25.7 Å². The Labute approximate surface area is 551 Å². The predicted molar refractivity (Wildman–Crippen MR) is 371 cm³/mol. The highest BCUT2D eigenvalue weighted by molar-refractivity contribution is 7.47. The first kappa shape index (κ1) is 87.0. The molecular formula is C73H124O16P2. The molecule has 0 aromatic carbocycles. The maximum atomic E-state index is 12.9. The van der Waals surface area contributed by atoms with Crippen molar-refractivity contribution in [3.05, 3.63) is 122 Å². The first-order valence-corrected chi connectivity index (χ1v) is 37.8. The third-order valence-corrected chi connectivity index (χ3v) is 16.0. The van der Waals surface area contributed by atoms with E-state index in [9.17, 15) is 43.5 Å². The Morgan fingerprint density at radius 3 is 1.00 bits per heavy atom. The van der Waals surface area contributed by atoms with Gasteiger partial charge in [0.2, 0.25) is 0 Å². The molecule has 0 fully saturated rings. The zero-order valence-corrected chi connectivity index (χ0v) is 58.3. The lowest BCUT2D eigenvalue weighted by Crippen LogP contribution is -2.30. The summed E-state index contributed by atoms with van der Waals surface area (Å²) in [5, 5.41) is 20.6. The highest BCUT2D eigenvalue weighted by atomic mass is 31.2. The van der Waals surface area contributed by atoms with Crippen molar-refractivity contribution in [2.75, 3.05) is 39.6 Å². The Kier molecular flexibility index (Phi) is 63.1. The molecule has 0 aromatic heterocycles. The maximum absolute atomic E-state index is 12.9. The number of aliphatic hydroxyl groups excluding tert-OH is 2. The molecule has 16 nitrogen and oxygen atoms in total. The van der Waals surface area contributed by atoms with Gasteiger partial charge in [-0.25, -0.2) is 9.13 Å². The average molecular weight is 1320 g/mol. The first-order chi connectivity index (χ1) is 44.2. The minimum atomic E-state index is -4.94. The highest BCUT2D eigenvalue weighted by Crippen LogP contribution is 2.45. The van der Waals surface area contributed by atoms with Gasteiger partial charge in [-0.15, -0.1) is 0 Å². The topological polar surface area (TPSA) is 231 Å². The molecule has 0 aliphatic heterocycles. The fourth-order valence-electron chi connectivity index (χ4n) is 8.82. The van der Waals surface area contributed by atoms with E-state index in [0.717, 1.165) is 135 Å². The number of hydrogen-bond donors (Lipinski definition) is 4. The molecule has 0 heterocycles. The summed E-state index contributed by atoms with van der Waals surface area (Å²) in [5.74, 6) is -1.67. The van der Waals surface area contributed by atoms with E-state index in [-0.39, 0.29) is 19.3 Å². The van der Waals surface area contributed by atoms with Crippen LogP contribution in [0.5, 0.6) is 0 Å². The Morgan fingerprint density at radius 2 is 0.593 bits per heavy atom. The molecule has 0 aliphatic rings. The second-order valence-corrected chi connectivity index (χ2v) is 25.8. The van der Waals surface area contributed by atoms with Gasteiger partial charge in [-0.1, -0.05) is 239 Å². The van der Waals surface area contributed by atoms with Crippen LogP contribution in [0.25, 0.3) is 0 Å². The molecule has 4 N–H and O–H groups in total. The molecule has 0 aliphatic carbocycles. The molecule has 0 saturated carbocycles. The lowest BCUT2D eigenvalue weighted by molar-refractivity contribution is -0.161. The van der Waals surface area contributed by atoms with Crippen molar-refractivity contribution >= 4 is 33.6 Å². The number of hydrogen-bond acceptors (Lipinski definition) is 14. The van der Waals surface area contributed by atoms with Crippen molar-refractivity contribution in [1.29, 1.82) is 0 Å². The summed E-state index contributed by atoms with van der Waals surface area (Å²) in [5.41, 5.74) is 0. The monoisotopic (exact) mass is 1320 g/mol. The fraction of sp³-hybridized carbons (Fsp3) is 0.685. The summed E-state index contributed by atoms with van der Waals surface area (Å²) in [6.07, 6.45) is 75.4. The molecule has 5 atom stereocenters. The number of carbonyl (C=O) groups is 3. The van der Waals surface area contributed by atoms with Crippen LogP contribution >= 0.6 is 15.6 Å². The third kappa shape index (κ3) is 67.2. The molecule has 0 radical (unpaired) electrons. The number of aliphatic hydroxyl groups is 2. The quantitative estimate of drug-likeness (QED) is 0.0146. The zero-order chi connectivity index (χ0) is 66.7. The standard InChI is InChI=1S/C73H124O16P2/c1-4-7-10-13-16-19-22-25-28-30-31-32-33-34-35-37-40-41-44-47-50-53-56-59-71(76)83-62-68(74)63-85-90(79,80)86-64-69(75)65-87-91(81,82)88-67-70(89-73(78)61-58-55-52-49-46-43-38-27-24-21-18-15-12-9-6-3)66-84-72(77)60-57-54-51-48-45-42-39-36-29-26-23-20-17-14-11-8-5-2/h8,11,16-17,19-20,25-29,31-32,34-35,38-39,42,48,51,68-70,74-75H,4-7,9-10,12-15,18,21-24,30,33,36-37,40-41,43-47,49-50,52-67H2,1-3H3,(H,79,80)(H,81,82)/b11-8-,19-16-,20-17-,28-25-,29-26-,32-31-,35-34-,38-27-,42-39-,51-48-. The summed E-state index contributed by atoms with van der Waals surface area (Å²) in [6, 6.07) is 0. The van der Waals surface area contributed by atoms with Gasteiger partial charge >= 0.3 is 33.6 Å². The van der Waals surface area contributed by atoms with Gasteiger partial charge in [-0.3, -0.25) is 32.5 Å². The highest BCUT2D eigenvalue weighted by Gasteiger charge is 2.29. The molecule has 91 heavy (non-hydrogen) atoms. The summed E-state index contributed by atoms with van der Waals surface area (Å²) in [7, 11) is -9.80. The van der Waals surface area contributed by atoms with E-state index in [4.69, 9.17) is 32.3 Å². The largest absolute Gasteiger partial charge is 0.472 e. The van der Waals surface area contributed by atoms with Gasteiger partial charge in [0.25, 0.3) is 0 Å². The molecule has 18 heteroatoms. The van der Waals surface area contributed by atoms with Crippen LogP contribution in [-0.2, 0) is 55.8 Å². The van der Waals surface area contributed by atoms with Crippen molar-refractivity contribution in [3.8, 4) is 0 Å². The van der Waals surface area contributed by atoms with E-state index in [2.05, 4.69) is 130 Å². The van der Waals surface area contributed by atoms with Gasteiger partial charge in [-0.05, 0) is 128 Å².